The number of hydrogen-bond donors (Lipinski definition) is 1. The van der Waals surface area contributed by atoms with Crippen LogP contribution in [-0.4, -0.2) is 98.1 Å². The number of nitrogens with one attached hydrogen (secondary N) is 1. The standard InChI is InChI=1S/C35H42N6O6/c1-3-45-25-11-15-41(16-12-25)34-7-4-6-28(38-34)35(42)39-33-9-8-26(24-37-33)47-30-10-13-36-29-23-32(31(43-2)22-27(29)30)46-19-5-14-40-17-20-44-21-18-40/h4,6-10,13,22-25H,3,5,11-12,14-21H2,1-2H3,(H,37,39,42). The zero-order valence-corrected chi connectivity index (χ0v) is 27.0. The summed E-state index contributed by atoms with van der Waals surface area (Å²) in [5.74, 6) is 3.19. The summed E-state index contributed by atoms with van der Waals surface area (Å²) in [7, 11) is 1.62. The molecule has 5 heterocycles. The van der Waals surface area contributed by atoms with E-state index in [1.54, 1.807) is 43.8 Å². The van der Waals surface area contributed by atoms with Crippen molar-refractivity contribution >= 4 is 28.4 Å². The predicted molar refractivity (Wildman–Crippen MR) is 179 cm³/mol. The fraction of sp³-hybridized carbons (Fsp3) is 0.429. The van der Waals surface area contributed by atoms with E-state index in [0.29, 0.717) is 41.1 Å². The second kappa shape index (κ2) is 15.9. The predicted octanol–water partition coefficient (Wildman–Crippen LogP) is 5.18. The second-order valence-corrected chi connectivity index (χ2v) is 11.4. The number of hydrogen-bond acceptors (Lipinski definition) is 11. The number of morpholine rings is 1. The molecule has 0 radical (unpaired) electrons. The molecular formula is C35H42N6O6. The van der Waals surface area contributed by atoms with Crippen molar-refractivity contribution in [3.8, 4) is 23.0 Å². The Morgan fingerprint density at radius 2 is 1.85 bits per heavy atom. The van der Waals surface area contributed by atoms with E-state index in [-0.39, 0.29) is 12.0 Å². The quantitative estimate of drug-likeness (QED) is 0.194. The fourth-order valence-electron chi connectivity index (χ4n) is 5.82. The average Bonchev–Trinajstić information content (AvgIpc) is 3.11. The van der Waals surface area contributed by atoms with Gasteiger partial charge in [-0.2, -0.15) is 0 Å². The maximum absolute atomic E-state index is 13.0. The lowest BCUT2D eigenvalue weighted by atomic mass is 10.1. The molecule has 0 spiro atoms. The van der Waals surface area contributed by atoms with Crippen molar-refractivity contribution in [1.82, 2.24) is 19.9 Å². The van der Waals surface area contributed by atoms with Gasteiger partial charge in [0.25, 0.3) is 5.91 Å². The zero-order valence-electron chi connectivity index (χ0n) is 27.0. The Hall–Kier alpha value is -4.52. The summed E-state index contributed by atoms with van der Waals surface area (Å²) < 4.78 is 29.1. The molecule has 2 saturated heterocycles. The molecule has 1 N–H and O–H groups in total. The van der Waals surface area contributed by atoms with E-state index in [1.807, 2.05) is 31.2 Å². The van der Waals surface area contributed by atoms with Gasteiger partial charge in [-0.05, 0) is 62.6 Å². The molecule has 248 valence electrons. The maximum atomic E-state index is 13.0. The molecule has 2 aliphatic heterocycles. The van der Waals surface area contributed by atoms with E-state index in [4.69, 9.17) is 23.7 Å². The lowest BCUT2D eigenvalue weighted by Crippen LogP contribution is -2.37. The molecule has 4 aromatic rings. The number of benzene rings is 1. The highest BCUT2D eigenvalue weighted by Crippen LogP contribution is 2.37. The molecule has 0 aliphatic carbocycles. The highest BCUT2D eigenvalue weighted by molar-refractivity contribution is 6.02. The number of ether oxygens (including phenoxy) is 5. The molecule has 12 nitrogen and oxygen atoms in total. The van der Waals surface area contributed by atoms with Crippen LogP contribution in [0.2, 0.25) is 0 Å². The number of aromatic nitrogens is 3. The molecule has 47 heavy (non-hydrogen) atoms. The van der Waals surface area contributed by atoms with Crippen LogP contribution in [0, 0.1) is 0 Å². The lowest BCUT2D eigenvalue weighted by Gasteiger charge is -2.32. The molecular weight excluding hydrogens is 600 g/mol. The number of amides is 1. The van der Waals surface area contributed by atoms with Crippen LogP contribution in [0.1, 0.15) is 36.7 Å². The van der Waals surface area contributed by atoms with Crippen molar-refractivity contribution in [3.63, 3.8) is 0 Å². The summed E-state index contributed by atoms with van der Waals surface area (Å²) >= 11 is 0. The Balaban J connectivity index is 1.06. The third-order valence-electron chi connectivity index (χ3n) is 8.31. The molecule has 2 aliphatic rings. The minimum Gasteiger partial charge on any atom is -0.493 e. The Morgan fingerprint density at radius 3 is 2.62 bits per heavy atom. The first-order chi connectivity index (χ1) is 23.1. The number of fused-ring (bicyclic) bond motifs is 1. The van der Waals surface area contributed by atoms with Gasteiger partial charge in [-0.1, -0.05) is 6.07 Å². The van der Waals surface area contributed by atoms with E-state index >= 15 is 0 Å². The van der Waals surface area contributed by atoms with Gasteiger partial charge in [0.1, 0.15) is 28.8 Å². The number of methoxy groups -OCH3 is 1. The summed E-state index contributed by atoms with van der Waals surface area (Å²) in [6.07, 6.45) is 6.33. The highest BCUT2D eigenvalue weighted by atomic mass is 16.5. The minimum atomic E-state index is -0.330. The molecule has 2 fully saturated rings. The molecule has 0 bridgehead atoms. The smallest absolute Gasteiger partial charge is 0.275 e. The van der Waals surface area contributed by atoms with Crippen molar-refractivity contribution in [2.45, 2.75) is 32.3 Å². The van der Waals surface area contributed by atoms with Gasteiger partial charge in [0.15, 0.2) is 11.5 Å². The Labute approximate surface area is 275 Å². The van der Waals surface area contributed by atoms with Crippen LogP contribution in [0.4, 0.5) is 11.6 Å². The van der Waals surface area contributed by atoms with Crippen LogP contribution in [0.5, 0.6) is 23.0 Å². The molecule has 1 aromatic carbocycles. The molecule has 0 atom stereocenters. The van der Waals surface area contributed by atoms with Crippen LogP contribution in [0.25, 0.3) is 10.9 Å². The van der Waals surface area contributed by atoms with Crippen molar-refractivity contribution in [1.29, 1.82) is 0 Å². The number of pyridine rings is 3. The van der Waals surface area contributed by atoms with Crippen molar-refractivity contribution in [2.75, 3.05) is 76.5 Å². The molecule has 3 aromatic heterocycles. The van der Waals surface area contributed by atoms with E-state index in [0.717, 1.165) is 88.5 Å². The van der Waals surface area contributed by atoms with E-state index < -0.39 is 0 Å². The Kier molecular flexibility index (Phi) is 10.9. The van der Waals surface area contributed by atoms with Crippen LogP contribution in [0.15, 0.2) is 60.9 Å². The number of piperidine rings is 1. The normalized spacial score (nSPS) is 15.8. The summed E-state index contributed by atoms with van der Waals surface area (Å²) in [4.78, 5) is 31.2. The molecule has 1 amide bonds. The van der Waals surface area contributed by atoms with Gasteiger partial charge in [-0.3, -0.25) is 14.7 Å². The third kappa shape index (κ3) is 8.45. The molecule has 6 rings (SSSR count). The summed E-state index contributed by atoms with van der Waals surface area (Å²) in [5, 5.41) is 3.61. The fourth-order valence-corrected chi connectivity index (χ4v) is 5.82. The van der Waals surface area contributed by atoms with E-state index in [2.05, 4.69) is 30.1 Å². The van der Waals surface area contributed by atoms with Gasteiger partial charge in [-0.15, -0.1) is 0 Å². The second-order valence-electron chi connectivity index (χ2n) is 11.4. The van der Waals surface area contributed by atoms with Crippen molar-refractivity contribution in [2.24, 2.45) is 0 Å². The van der Waals surface area contributed by atoms with Crippen LogP contribution >= 0.6 is 0 Å². The summed E-state index contributed by atoms with van der Waals surface area (Å²) in [6, 6.07) is 14.5. The summed E-state index contributed by atoms with van der Waals surface area (Å²) in [5.41, 5.74) is 1.05. The van der Waals surface area contributed by atoms with Crippen molar-refractivity contribution < 1.29 is 28.5 Å². The molecule has 12 heteroatoms. The first-order valence-corrected chi connectivity index (χ1v) is 16.3. The average molecular weight is 643 g/mol. The zero-order chi connectivity index (χ0) is 32.4. The van der Waals surface area contributed by atoms with Crippen LogP contribution < -0.4 is 24.4 Å². The number of carbonyl (C=O) groups is 1. The van der Waals surface area contributed by atoms with Crippen LogP contribution in [0.3, 0.4) is 0 Å². The van der Waals surface area contributed by atoms with Gasteiger partial charge < -0.3 is 33.9 Å². The van der Waals surface area contributed by atoms with E-state index in [1.165, 1.54) is 0 Å². The minimum absolute atomic E-state index is 0.286. The number of anilines is 2. The van der Waals surface area contributed by atoms with Gasteiger partial charge in [0.2, 0.25) is 0 Å². The van der Waals surface area contributed by atoms with Gasteiger partial charge in [0.05, 0.1) is 44.7 Å². The highest BCUT2D eigenvalue weighted by Gasteiger charge is 2.21. The first-order valence-electron chi connectivity index (χ1n) is 16.3. The first kappa shape index (κ1) is 32.4. The van der Waals surface area contributed by atoms with Crippen molar-refractivity contribution in [3.05, 3.63) is 66.6 Å². The monoisotopic (exact) mass is 642 g/mol. The largest absolute Gasteiger partial charge is 0.493 e. The third-order valence-corrected chi connectivity index (χ3v) is 8.31. The van der Waals surface area contributed by atoms with E-state index in [9.17, 15) is 4.79 Å². The van der Waals surface area contributed by atoms with Gasteiger partial charge in [-0.25, -0.2) is 9.97 Å². The maximum Gasteiger partial charge on any atom is 0.275 e. The number of nitrogens with zero attached hydrogens (tertiary/aromatic N) is 5. The molecule has 0 saturated carbocycles. The Bertz CT molecular complexity index is 1620. The summed E-state index contributed by atoms with van der Waals surface area (Å²) in [6.45, 7) is 9.45. The number of carbonyl (C=O) groups excluding carboxylic acids is 1. The van der Waals surface area contributed by atoms with Crippen LogP contribution in [-0.2, 0) is 9.47 Å². The van der Waals surface area contributed by atoms with Gasteiger partial charge in [0, 0.05) is 57.0 Å². The van der Waals surface area contributed by atoms with Gasteiger partial charge >= 0.3 is 0 Å². The topological polar surface area (TPSA) is 120 Å². The molecule has 0 unspecified atom stereocenters. The SMILES string of the molecule is CCOC1CCN(c2cccc(C(=O)Nc3ccc(Oc4ccnc5cc(OCCCN6CCOCC6)c(OC)cc45)cn3)n2)CC1. The lowest BCUT2D eigenvalue weighted by molar-refractivity contribution is 0.0357. The Morgan fingerprint density at radius 1 is 1.00 bits per heavy atom. The number of rotatable bonds is 13.